The van der Waals surface area contributed by atoms with Gasteiger partial charge in [-0.1, -0.05) is 55.5 Å². The van der Waals surface area contributed by atoms with E-state index in [4.69, 9.17) is 27.9 Å². The number of unbranched alkanes of at least 4 members (excludes halogenated alkanes) is 2. The molecule has 2 atom stereocenters. The predicted molar refractivity (Wildman–Crippen MR) is 108 cm³/mol. The first-order chi connectivity index (χ1) is 12.0. The van der Waals surface area contributed by atoms with Crippen LogP contribution in [-0.2, 0) is 4.74 Å². The Morgan fingerprint density at radius 2 is 1.84 bits per heavy atom. The van der Waals surface area contributed by atoms with E-state index in [0.29, 0.717) is 22.0 Å². The van der Waals surface area contributed by atoms with Crippen LogP contribution < -0.4 is 0 Å². The molecule has 5 heteroatoms. The Morgan fingerprint density at radius 3 is 2.44 bits per heavy atom. The van der Waals surface area contributed by atoms with Crippen molar-refractivity contribution in [3.8, 4) is 0 Å². The third kappa shape index (κ3) is 6.41. The van der Waals surface area contributed by atoms with Gasteiger partial charge in [0, 0.05) is 25.7 Å². The molecule has 0 saturated carbocycles. The summed E-state index contributed by atoms with van der Waals surface area (Å²) in [5, 5.41) is 1.27. The van der Waals surface area contributed by atoms with E-state index in [9.17, 15) is 0 Å². The zero-order valence-corrected chi connectivity index (χ0v) is 17.3. The minimum atomic E-state index is 0.359. The molecule has 1 heterocycles. The summed E-state index contributed by atoms with van der Waals surface area (Å²) in [6, 6.07) is 6.51. The van der Waals surface area contributed by atoms with Crippen molar-refractivity contribution in [3.05, 3.63) is 33.8 Å². The second-order valence-electron chi connectivity index (χ2n) is 7.28. The average molecular weight is 387 g/mol. The summed E-state index contributed by atoms with van der Waals surface area (Å²) < 4.78 is 5.59. The molecule has 1 aromatic rings. The monoisotopic (exact) mass is 386 g/mol. The van der Waals surface area contributed by atoms with Crippen molar-refractivity contribution in [2.45, 2.75) is 38.6 Å². The molecule has 1 aliphatic rings. The van der Waals surface area contributed by atoms with Crippen molar-refractivity contribution < 1.29 is 4.74 Å². The average Bonchev–Trinajstić information content (AvgIpc) is 2.59. The molecule has 0 aliphatic carbocycles. The molecule has 3 nitrogen and oxygen atoms in total. The number of halogens is 2. The van der Waals surface area contributed by atoms with Crippen molar-refractivity contribution in [1.82, 2.24) is 9.80 Å². The van der Waals surface area contributed by atoms with Crippen LogP contribution in [0.25, 0.3) is 0 Å². The molecule has 2 rings (SSSR count). The third-order valence-corrected chi connectivity index (χ3v) is 5.69. The summed E-state index contributed by atoms with van der Waals surface area (Å²) in [6.45, 7) is 6.90. The van der Waals surface area contributed by atoms with Crippen molar-refractivity contribution in [1.29, 1.82) is 0 Å². The third-order valence-electron chi connectivity index (χ3n) is 4.95. The molecule has 0 amide bonds. The zero-order valence-electron chi connectivity index (χ0n) is 15.8. The second kappa shape index (κ2) is 10.7. The molecule has 0 spiro atoms. The standard InChI is InChI=1S/C20H32Cl2N2O/c1-4-5-6-7-17(15-23(2)3)20(24-10-12-25-13-11-24)16-8-9-18(21)19(22)14-16/h8-9,14,17,20H,4-7,10-13,15H2,1-3H3. The molecule has 1 aliphatic heterocycles. The number of hydrogen-bond acceptors (Lipinski definition) is 3. The molecule has 0 aromatic heterocycles. The molecule has 0 N–H and O–H groups in total. The van der Waals surface area contributed by atoms with Gasteiger partial charge in [-0.3, -0.25) is 4.90 Å². The van der Waals surface area contributed by atoms with Crippen LogP contribution in [0, 0.1) is 5.92 Å². The van der Waals surface area contributed by atoms with Gasteiger partial charge in [-0.15, -0.1) is 0 Å². The van der Waals surface area contributed by atoms with Crippen LogP contribution >= 0.6 is 23.2 Å². The molecule has 0 radical (unpaired) electrons. The summed E-state index contributed by atoms with van der Waals surface area (Å²) in [6.07, 6.45) is 5.05. The van der Waals surface area contributed by atoms with Gasteiger partial charge in [0.25, 0.3) is 0 Å². The number of nitrogens with zero attached hydrogens (tertiary/aromatic N) is 2. The lowest BCUT2D eigenvalue weighted by Crippen LogP contribution is -2.44. The normalized spacial score (nSPS) is 18.5. The van der Waals surface area contributed by atoms with Gasteiger partial charge in [0.1, 0.15) is 0 Å². The SMILES string of the molecule is CCCCCC(CN(C)C)C(c1ccc(Cl)c(Cl)c1)N1CCOCC1. The van der Waals surface area contributed by atoms with Crippen molar-refractivity contribution in [3.63, 3.8) is 0 Å². The van der Waals surface area contributed by atoms with E-state index in [1.165, 1.54) is 31.2 Å². The highest BCUT2D eigenvalue weighted by atomic mass is 35.5. The first-order valence-electron chi connectivity index (χ1n) is 9.44. The molecular formula is C20H32Cl2N2O. The molecule has 25 heavy (non-hydrogen) atoms. The topological polar surface area (TPSA) is 15.7 Å². The van der Waals surface area contributed by atoms with E-state index >= 15 is 0 Å². The highest BCUT2D eigenvalue weighted by molar-refractivity contribution is 6.42. The fraction of sp³-hybridized carbons (Fsp3) is 0.700. The minimum absolute atomic E-state index is 0.359. The summed E-state index contributed by atoms with van der Waals surface area (Å²) in [5.41, 5.74) is 1.28. The van der Waals surface area contributed by atoms with Crippen LogP contribution in [0.4, 0.5) is 0 Å². The van der Waals surface area contributed by atoms with E-state index in [0.717, 1.165) is 32.8 Å². The summed E-state index contributed by atoms with van der Waals surface area (Å²) in [5.74, 6) is 0.567. The maximum atomic E-state index is 6.35. The maximum Gasteiger partial charge on any atom is 0.0595 e. The van der Waals surface area contributed by atoms with Crippen LogP contribution in [0.5, 0.6) is 0 Å². The van der Waals surface area contributed by atoms with Crippen molar-refractivity contribution in [2.75, 3.05) is 46.9 Å². The van der Waals surface area contributed by atoms with E-state index in [2.05, 4.69) is 43.0 Å². The van der Waals surface area contributed by atoms with Gasteiger partial charge in [0.2, 0.25) is 0 Å². The highest BCUT2D eigenvalue weighted by Crippen LogP contribution is 2.36. The molecule has 0 bridgehead atoms. The van der Waals surface area contributed by atoms with E-state index < -0.39 is 0 Å². The molecule has 1 aromatic carbocycles. The van der Waals surface area contributed by atoms with Gasteiger partial charge in [-0.25, -0.2) is 0 Å². The first-order valence-corrected chi connectivity index (χ1v) is 10.2. The Hall–Kier alpha value is -0.320. The smallest absolute Gasteiger partial charge is 0.0595 e. The fourth-order valence-electron chi connectivity index (χ4n) is 3.81. The van der Waals surface area contributed by atoms with Gasteiger partial charge >= 0.3 is 0 Å². The number of rotatable bonds is 9. The lowest BCUT2D eigenvalue weighted by Gasteiger charge is -2.40. The van der Waals surface area contributed by atoms with Crippen LogP contribution in [0.1, 0.15) is 44.2 Å². The first kappa shape index (κ1) is 21.0. The van der Waals surface area contributed by atoms with Gasteiger partial charge in [0.05, 0.1) is 23.3 Å². The predicted octanol–water partition coefficient (Wildman–Crippen LogP) is 5.12. The maximum absolute atomic E-state index is 6.35. The van der Waals surface area contributed by atoms with E-state index in [1.54, 1.807) is 0 Å². The van der Waals surface area contributed by atoms with E-state index in [-0.39, 0.29) is 0 Å². The van der Waals surface area contributed by atoms with Crippen molar-refractivity contribution in [2.24, 2.45) is 5.92 Å². The Kier molecular flexibility index (Phi) is 9.01. The summed E-state index contributed by atoms with van der Waals surface area (Å²) in [4.78, 5) is 4.88. The second-order valence-corrected chi connectivity index (χ2v) is 8.10. The summed E-state index contributed by atoms with van der Waals surface area (Å²) >= 11 is 12.5. The minimum Gasteiger partial charge on any atom is -0.379 e. The van der Waals surface area contributed by atoms with Gasteiger partial charge < -0.3 is 9.64 Å². The highest BCUT2D eigenvalue weighted by Gasteiger charge is 2.30. The van der Waals surface area contributed by atoms with Gasteiger partial charge in [-0.2, -0.15) is 0 Å². The van der Waals surface area contributed by atoms with Crippen LogP contribution in [-0.4, -0.2) is 56.7 Å². The Bertz CT molecular complexity index is 518. The van der Waals surface area contributed by atoms with Crippen LogP contribution in [0.3, 0.4) is 0 Å². The quantitative estimate of drug-likeness (QED) is 0.547. The number of morpholine rings is 1. The van der Waals surface area contributed by atoms with Crippen LogP contribution in [0.2, 0.25) is 10.0 Å². The van der Waals surface area contributed by atoms with Crippen molar-refractivity contribution >= 4 is 23.2 Å². The molecule has 142 valence electrons. The zero-order chi connectivity index (χ0) is 18.2. The lowest BCUT2D eigenvalue weighted by atomic mass is 9.86. The lowest BCUT2D eigenvalue weighted by molar-refractivity contribution is -0.00284. The molecule has 2 unspecified atom stereocenters. The number of benzene rings is 1. The molecule has 1 fully saturated rings. The molecular weight excluding hydrogens is 355 g/mol. The number of ether oxygens (including phenoxy) is 1. The molecule has 1 saturated heterocycles. The Labute approximate surface area is 163 Å². The largest absolute Gasteiger partial charge is 0.379 e. The Balaban J connectivity index is 2.29. The number of hydrogen-bond donors (Lipinski definition) is 0. The Morgan fingerprint density at radius 1 is 1.12 bits per heavy atom. The van der Waals surface area contributed by atoms with Gasteiger partial charge in [0.15, 0.2) is 0 Å². The van der Waals surface area contributed by atoms with Crippen LogP contribution in [0.15, 0.2) is 18.2 Å². The van der Waals surface area contributed by atoms with Gasteiger partial charge in [-0.05, 0) is 44.1 Å². The summed E-state index contributed by atoms with van der Waals surface area (Å²) in [7, 11) is 4.33. The van der Waals surface area contributed by atoms with E-state index in [1.807, 2.05) is 6.07 Å². The fourth-order valence-corrected chi connectivity index (χ4v) is 4.11.